The van der Waals surface area contributed by atoms with Crippen LogP contribution in [0.25, 0.3) is 17.4 Å². The Hall–Kier alpha value is -3.81. The van der Waals surface area contributed by atoms with Gasteiger partial charge in [0.15, 0.2) is 11.5 Å². The molecule has 2 aromatic carbocycles. The number of nitrogens with zero attached hydrogens (tertiary/aromatic N) is 5. The van der Waals surface area contributed by atoms with Crippen molar-refractivity contribution in [3.05, 3.63) is 77.6 Å². The molecule has 0 radical (unpaired) electrons. The molecule has 0 bridgehead atoms. The molecule has 0 fully saturated rings. The minimum absolute atomic E-state index is 0.119. The summed E-state index contributed by atoms with van der Waals surface area (Å²) in [5.41, 5.74) is 2.31. The van der Waals surface area contributed by atoms with E-state index in [0.29, 0.717) is 11.5 Å². The normalized spacial score (nSPS) is 16.6. The summed E-state index contributed by atoms with van der Waals surface area (Å²) in [7, 11) is 0. The van der Waals surface area contributed by atoms with Crippen molar-refractivity contribution in [3.8, 4) is 0 Å². The van der Waals surface area contributed by atoms with Gasteiger partial charge < -0.3 is 15.2 Å². The van der Waals surface area contributed by atoms with Gasteiger partial charge in [0.2, 0.25) is 0 Å². The van der Waals surface area contributed by atoms with Gasteiger partial charge in [-0.1, -0.05) is 18.2 Å². The van der Waals surface area contributed by atoms with Crippen molar-refractivity contribution >= 4 is 28.9 Å². The predicted octanol–water partition coefficient (Wildman–Crippen LogP) is 2.20. The number of rotatable bonds is 4. The first kappa shape index (κ1) is 17.3. The average Bonchev–Trinajstić information content (AvgIpc) is 3.23. The number of H-pyrrole nitrogens is 1. The molecule has 1 aliphatic heterocycles. The number of imidazole rings is 1. The van der Waals surface area contributed by atoms with Crippen molar-refractivity contribution in [3.63, 3.8) is 0 Å². The van der Waals surface area contributed by atoms with E-state index in [2.05, 4.69) is 25.3 Å². The minimum atomic E-state index is -0.282. The van der Waals surface area contributed by atoms with Gasteiger partial charge in [-0.2, -0.15) is 0 Å². The number of nitrogens with one attached hydrogen (secondary N) is 2. The number of aromatic amines is 1. The lowest BCUT2D eigenvalue weighted by atomic mass is 10.1. The van der Waals surface area contributed by atoms with Crippen molar-refractivity contribution in [2.24, 2.45) is 4.99 Å². The van der Waals surface area contributed by atoms with Gasteiger partial charge in [-0.15, -0.1) is 0 Å². The molecule has 8 heteroatoms. The lowest BCUT2D eigenvalue weighted by molar-refractivity contribution is 0.581. The molecule has 1 unspecified atom stereocenters. The molecule has 3 heterocycles. The first-order chi connectivity index (χ1) is 14.2. The summed E-state index contributed by atoms with van der Waals surface area (Å²) in [5, 5.41) is 4.93. The summed E-state index contributed by atoms with van der Waals surface area (Å²) in [6, 6.07) is 14.4. The molecule has 5 rings (SSSR count). The van der Waals surface area contributed by atoms with Gasteiger partial charge in [0.25, 0.3) is 0 Å². The maximum Gasteiger partial charge on any atom is 0.182 e. The summed E-state index contributed by atoms with van der Waals surface area (Å²) in [5.74, 6) is 0.378. The van der Waals surface area contributed by atoms with Crippen LogP contribution in [0.5, 0.6) is 0 Å². The third-order valence-corrected chi connectivity index (χ3v) is 4.91. The van der Waals surface area contributed by atoms with E-state index in [0.717, 1.165) is 21.8 Å². The van der Waals surface area contributed by atoms with Gasteiger partial charge in [0.1, 0.15) is 23.8 Å². The van der Waals surface area contributed by atoms with Gasteiger partial charge in [-0.3, -0.25) is 4.99 Å². The fourth-order valence-electron chi connectivity index (χ4n) is 3.52. The maximum absolute atomic E-state index is 13.8. The Kier molecular flexibility index (Phi) is 4.16. The highest BCUT2D eigenvalue weighted by Crippen LogP contribution is 2.23. The van der Waals surface area contributed by atoms with Crippen molar-refractivity contribution in [2.45, 2.75) is 19.1 Å². The number of benzene rings is 2. The quantitative estimate of drug-likeness (QED) is 0.561. The van der Waals surface area contributed by atoms with Crippen LogP contribution in [0.4, 0.5) is 15.9 Å². The van der Waals surface area contributed by atoms with Crippen LogP contribution in [0.1, 0.15) is 6.92 Å². The molecule has 0 spiro atoms. The van der Waals surface area contributed by atoms with Crippen LogP contribution >= 0.6 is 0 Å². The third-order valence-electron chi connectivity index (χ3n) is 4.91. The Bertz CT molecular complexity index is 1290. The molecular formula is C21H18FN7. The van der Waals surface area contributed by atoms with E-state index >= 15 is 0 Å². The number of para-hydroxylation sites is 1. The molecule has 1 aliphatic rings. The Labute approximate surface area is 165 Å². The molecule has 7 nitrogen and oxygen atoms in total. The number of aromatic nitrogens is 4. The number of hydrogen-bond acceptors (Lipinski definition) is 6. The van der Waals surface area contributed by atoms with Crippen LogP contribution in [0, 0.1) is 5.82 Å². The molecule has 0 saturated heterocycles. The SMILES string of the molecule is CC(Nc1ncnc2nc[nH]c12)[C@@H]1N=c2ccc(F)cc2=CN1c1ccccc1. The number of halogens is 1. The van der Waals surface area contributed by atoms with Crippen molar-refractivity contribution in [1.82, 2.24) is 19.9 Å². The van der Waals surface area contributed by atoms with Gasteiger partial charge in [-0.25, -0.2) is 19.3 Å². The lowest BCUT2D eigenvalue weighted by Crippen LogP contribution is -2.49. The van der Waals surface area contributed by atoms with E-state index in [1.165, 1.54) is 18.5 Å². The smallest absolute Gasteiger partial charge is 0.182 e. The Morgan fingerprint density at radius 1 is 1.10 bits per heavy atom. The monoisotopic (exact) mass is 387 g/mol. The van der Waals surface area contributed by atoms with Crippen LogP contribution in [0.2, 0.25) is 0 Å². The zero-order valence-electron chi connectivity index (χ0n) is 15.6. The second-order valence-electron chi connectivity index (χ2n) is 6.87. The van der Waals surface area contributed by atoms with Crippen LogP contribution < -0.4 is 20.8 Å². The van der Waals surface area contributed by atoms with Gasteiger partial charge >= 0.3 is 0 Å². The Morgan fingerprint density at radius 2 is 1.97 bits per heavy atom. The van der Waals surface area contributed by atoms with E-state index < -0.39 is 0 Å². The van der Waals surface area contributed by atoms with Crippen LogP contribution in [-0.4, -0.2) is 32.1 Å². The zero-order valence-corrected chi connectivity index (χ0v) is 15.6. The molecule has 2 N–H and O–H groups in total. The molecule has 0 amide bonds. The van der Waals surface area contributed by atoms with E-state index in [1.807, 2.05) is 48.4 Å². The second kappa shape index (κ2) is 6.97. The predicted molar refractivity (Wildman–Crippen MR) is 109 cm³/mol. The Balaban J connectivity index is 1.57. The maximum atomic E-state index is 13.8. The number of hydrogen-bond donors (Lipinski definition) is 2. The van der Waals surface area contributed by atoms with E-state index in [9.17, 15) is 4.39 Å². The molecule has 2 atom stereocenters. The lowest BCUT2D eigenvalue weighted by Gasteiger charge is -2.34. The van der Waals surface area contributed by atoms with Gasteiger partial charge in [0, 0.05) is 17.1 Å². The highest BCUT2D eigenvalue weighted by atomic mass is 19.1. The van der Waals surface area contributed by atoms with Crippen molar-refractivity contribution < 1.29 is 4.39 Å². The minimum Gasteiger partial charge on any atom is -0.362 e. The fourth-order valence-corrected chi connectivity index (χ4v) is 3.52. The molecule has 0 aliphatic carbocycles. The first-order valence-corrected chi connectivity index (χ1v) is 9.28. The molecule has 0 saturated carbocycles. The standard InChI is InChI=1S/C21H18FN7/c1-13(27-20-18-19(24-11-23-18)25-12-26-20)21-28-17-8-7-15(22)9-14(17)10-29(21)16-5-3-2-4-6-16/h2-13,21H,1H3,(H2,23,24,25,26,27)/t13?,21-/m1/s1. The average molecular weight is 387 g/mol. The van der Waals surface area contributed by atoms with Crippen LogP contribution in [0.15, 0.2) is 66.2 Å². The molecule has 2 aromatic heterocycles. The van der Waals surface area contributed by atoms with E-state index in [1.54, 1.807) is 12.4 Å². The Morgan fingerprint density at radius 3 is 2.83 bits per heavy atom. The van der Waals surface area contributed by atoms with E-state index in [4.69, 9.17) is 4.99 Å². The van der Waals surface area contributed by atoms with Gasteiger partial charge in [-0.05, 0) is 37.3 Å². The largest absolute Gasteiger partial charge is 0.362 e. The molecule has 144 valence electrons. The summed E-state index contributed by atoms with van der Waals surface area (Å²) >= 11 is 0. The second-order valence-corrected chi connectivity index (χ2v) is 6.87. The summed E-state index contributed by atoms with van der Waals surface area (Å²) < 4.78 is 13.8. The number of anilines is 2. The summed E-state index contributed by atoms with van der Waals surface area (Å²) in [6.07, 6.45) is 4.75. The highest BCUT2D eigenvalue weighted by molar-refractivity contribution is 5.82. The van der Waals surface area contributed by atoms with Crippen molar-refractivity contribution in [1.29, 1.82) is 0 Å². The topological polar surface area (TPSA) is 82.1 Å². The van der Waals surface area contributed by atoms with Crippen LogP contribution in [-0.2, 0) is 0 Å². The summed E-state index contributed by atoms with van der Waals surface area (Å²) in [4.78, 5) is 22.7. The zero-order chi connectivity index (χ0) is 19.8. The first-order valence-electron chi connectivity index (χ1n) is 9.28. The van der Waals surface area contributed by atoms with Crippen molar-refractivity contribution in [2.75, 3.05) is 10.2 Å². The highest BCUT2D eigenvalue weighted by Gasteiger charge is 2.26. The molecule has 4 aromatic rings. The summed E-state index contributed by atoms with van der Waals surface area (Å²) in [6.45, 7) is 2.04. The molecular weight excluding hydrogens is 369 g/mol. The third kappa shape index (κ3) is 3.18. The number of fused-ring (bicyclic) bond motifs is 2. The van der Waals surface area contributed by atoms with Crippen LogP contribution in [0.3, 0.4) is 0 Å². The van der Waals surface area contributed by atoms with Gasteiger partial charge in [0.05, 0.1) is 17.7 Å². The fraction of sp³-hybridized carbons (Fsp3) is 0.143. The van der Waals surface area contributed by atoms with E-state index in [-0.39, 0.29) is 18.0 Å². The molecule has 29 heavy (non-hydrogen) atoms.